The van der Waals surface area contributed by atoms with Crippen LogP contribution >= 0.6 is 11.8 Å². The van der Waals surface area contributed by atoms with Gasteiger partial charge in [0.1, 0.15) is 11.9 Å². The van der Waals surface area contributed by atoms with Gasteiger partial charge in [-0.05, 0) is 43.5 Å². The molecule has 2 unspecified atom stereocenters. The Hall–Kier alpha value is -1.92. The molecular weight excluding hydrogens is 300 g/mol. The molecule has 2 rings (SSSR count). The number of benzene rings is 1. The van der Waals surface area contributed by atoms with Crippen LogP contribution in [0.5, 0.6) is 0 Å². The lowest BCUT2D eigenvalue weighted by Gasteiger charge is -2.17. The number of carbonyl (C=O) groups excluding carboxylic acids is 1. The first kappa shape index (κ1) is 16.5. The number of aliphatic hydroxyl groups is 1. The van der Waals surface area contributed by atoms with Crippen molar-refractivity contribution in [3.63, 3.8) is 0 Å². The number of amides is 2. The molecule has 3 N–H and O–H groups in total. The molecule has 0 aliphatic rings. The molecule has 1 aromatic carbocycles. The number of nitrogens with one attached hydrogen (secondary N) is 2. The number of aliphatic hydroxyl groups excluding tert-OH is 1. The minimum atomic E-state index is -0.731. The summed E-state index contributed by atoms with van der Waals surface area (Å²) < 4.78 is 5.14. The maximum atomic E-state index is 12.0. The molecule has 0 saturated heterocycles. The van der Waals surface area contributed by atoms with Crippen molar-refractivity contribution in [2.75, 3.05) is 11.6 Å². The van der Waals surface area contributed by atoms with Crippen LogP contribution in [-0.4, -0.2) is 23.4 Å². The van der Waals surface area contributed by atoms with E-state index in [9.17, 15) is 9.90 Å². The Morgan fingerprint density at radius 3 is 2.86 bits per heavy atom. The SMILES string of the molecule is CSc1cccc(NC(=O)NC(C)CC(O)c2ccco2)c1. The van der Waals surface area contributed by atoms with Gasteiger partial charge in [-0.3, -0.25) is 0 Å². The minimum Gasteiger partial charge on any atom is -0.467 e. The van der Waals surface area contributed by atoms with Crippen molar-refractivity contribution in [2.24, 2.45) is 0 Å². The van der Waals surface area contributed by atoms with Crippen molar-refractivity contribution in [1.82, 2.24) is 5.32 Å². The van der Waals surface area contributed by atoms with Crippen molar-refractivity contribution in [3.05, 3.63) is 48.4 Å². The maximum Gasteiger partial charge on any atom is 0.319 e. The average Bonchev–Trinajstić information content (AvgIpc) is 3.01. The molecule has 22 heavy (non-hydrogen) atoms. The lowest BCUT2D eigenvalue weighted by Crippen LogP contribution is -2.37. The zero-order valence-corrected chi connectivity index (χ0v) is 13.4. The smallest absolute Gasteiger partial charge is 0.319 e. The molecule has 0 spiro atoms. The van der Waals surface area contributed by atoms with Crippen LogP contribution in [0.3, 0.4) is 0 Å². The first-order valence-electron chi connectivity index (χ1n) is 7.01. The second-order valence-electron chi connectivity index (χ2n) is 5.00. The monoisotopic (exact) mass is 320 g/mol. The highest BCUT2D eigenvalue weighted by Crippen LogP contribution is 2.20. The summed E-state index contributed by atoms with van der Waals surface area (Å²) in [7, 11) is 0. The summed E-state index contributed by atoms with van der Waals surface area (Å²) in [5.74, 6) is 0.502. The Morgan fingerprint density at radius 2 is 2.18 bits per heavy atom. The molecule has 0 bridgehead atoms. The van der Waals surface area contributed by atoms with E-state index in [4.69, 9.17) is 4.42 Å². The molecule has 2 atom stereocenters. The van der Waals surface area contributed by atoms with E-state index >= 15 is 0 Å². The first-order chi connectivity index (χ1) is 10.6. The number of carbonyl (C=O) groups is 1. The van der Waals surface area contributed by atoms with E-state index in [1.165, 1.54) is 6.26 Å². The Bertz CT molecular complexity index is 601. The summed E-state index contributed by atoms with van der Waals surface area (Å²) in [6, 6.07) is 10.6. The third-order valence-electron chi connectivity index (χ3n) is 3.15. The number of rotatable bonds is 6. The van der Waals surface area contributed by atoms with Crippen LogP contribution in [0.4, 0.5) is 10.5 Å². The minimum absolute atomic E-state index is 0.191. The first-order valence-corrected chi connectivity index (χ1v) is 8.24. The fourth-order valence-corrected chi connectivity index (χ4v) is 2.54. The summed E-state index contributed by atoms with van der Waals surface area (Å²) in [4.78, 5) is 13.0. The molecule has 0 saturated carbocycles. The van der Waals surface area contributed by atoms with E-state index in [-0.39, 0.29) is 12.1 Å². The summed E-state index contributed by atoms with van der Waals surface area (Å²) in [6.07, 6.45) is 3.15. The van der Waals surface area contributed by atoms with Crippen LogP contribution in [-0.2, 0) is 0 Å². The van der Waals surface area contributed by atoms with Crippen molar-refractivity contribution < 1.29 is 14.3 Å². The largest absolute Gasteiger partial charge is 0.467 e. The Balaban J connectivity index is 1.83. The third kappa shape index (κ3) is 4.82. The lowest BCUT2D eigenvalue weighted by atomic mass is 10.1. The van der Waals surface area contributed by atoms with Crippen LogP contribution in [0.25, 0.3) is 0 Å². The molecule has 0 radical (unpaired) electrons. The fraction of sp³-hybridized carbons (Fsp3) is 0.312. The Labute approximate surface area is 134 Å². The number of hydrogen-bond acceptors (Lipinski definition) is 4. The van der Waals surface area contributed by atoms with Crippen LogP contribution < -0.4 is 10.6 Å². The summed E-state index contributed by atoms with van der Waals surface area (Å²) in [6.45, 7) is 1.84. The molecule has 5 nitrogen and oxygen atoms in total. The molecule has 118 valence electrons. The zero-order chi connectivity index (χ0) is 15.9. The molecule has 0 aliphatic heterocycles. The zero-order valence-electron chi connectivity index (χ0n) is 12.6. The predicted molar refractivity (Wildman–Crippen MR) is 88.1 cm³/mol. The van der Waals surface area contributed by atoms with Gasteiger partial charge in [-0.25, -0.2) is 4.79 Å². The summed E-state index contributed by atoms with van der Waals surface area (Å²) >= 11 is 1.62. The summed E-state index contributed by atoms with van der Waals surface area (Å²) in [5.41, 5.74) is 0.739. The number of furan rings is 1. The number of hydrogen-bond donors (Lipinski definition) is 3. The molecular formula is C16H20N2O3S. The van der Waals surface area contributed by atoms with Gasteiger partial charge in [0.05, 0.1) is 6.26 Å². The number of thioether (sulfide) groups is 1. The molecule has 0 aliphatic carbocycles. The van der Waals surface area contributed by atoms with E-state index in [1.54, 1.807) is 23.9 Å². The van der Waals surface area contributed by atoms with Gasteiger partial charge in [-0.2, -0.15) is 0 Å². The van der Waals surface area contributed by atoms with E-state index in [0.29, 0.717) is 12.2 Å². The normalized spacial score (nSPS) is 13.4. The Kier molecular flexibility index (Phi) is 5.91. The molecule has 2 amide bonds. The van der Waals surface area contributed by atoms with Crippen LogP contribution in [0, 0.1) is 0 Å². The maximum absolute atomic E-state index is 12.0. The molecule has 1 heterocycles. The fourth-order valence-electron chi connectivity index (χ4n) is 2.08. The van der Waals surface area contributed by atoms with Gasteiger partial charge in [0, 0.05) is 23.0 Å². The van der Waals surface area contributed by atoms with Gasteiger partial charge >= 0.3 is 6.03 Å². The van der Waals surface area contributed by atoms with Crippen molar-refractivity contribution in [1.29, 1.82) is 0 Å². The van der Waals surface area contributed by atoms with Gasteiger partial charge in [0.15, 0.2) is 0 Å². The molecule has 2 aromatic rings. The standard InChI is InChI=1S/C16H20N2O3S/c1-11(9-14(19)15-7-4-8-21-15)17-16(20)18-12-5-3-6-13(10-12)22-2/h3-8,10-11,14,19H,9H2,1-2H3,(H2,17,18,20). The van der Waals surface area contributed by atoms with Crippen molar-refractivity contribution in [3.8, 4) is 0 Å². The second kappa shape index (κ2) is 7.91. The van der Waals surface area contributed by atoms with E-state index < -0.39 is 6.10 Å². The summed E-state index contributed by atoms with van der Waals surface area (Å²) in [5, 5.41) is 15.6. The van der Waals surface area contributed by atoms with E-state index in [0.717, 1.165) is 10.6 Å². The van der Waals surface area contributed by atoms with Crippen molar-refractivity contribution in [2.45, 2.75) is 30.4 Å². The predicted octanol–water partition coefficient (Wildman–Crippen LogP) is 3.64. The highest BCUT2D eigenvalue weighted by molar-refractivity contribution is 7.98. The van der Waals surface area contributed by atoms with Gasteiger partial charge < -0.3 is 20.2 Å². The van der Waals surface area contributed by atoms with Gasteiger partial charge in [0.25, 0.3) is 0 Å². The van der Waals surface area contributed by atoms with Crippen LogP contribution in [0.1, 0.15) is 25.2 Å². The number of urea groups is 1. The molecule has 6 heteroatoms. The van der Waals surface area contributed by atoms with E-state index in [2.05, 4.69) is 10.6 Å². The second-order valence-corrected chi connectivity index (χ2v) is 5.88. The average molecular weight is 320 g/mol. The van der Waals surface area contributed by atoms with Crippen LogP contribution in [0.2, 0.25) is 0 Å². The van der Waals surface area contributed by atoms with Crippen LogP contribution in [0.15, 0.2) is 52.0 Å². The quantitative estimate of drug-likeness (QED) is 0.710. The van der Waals surface area contributed by atoms with Gasteiger partial charge in [-0.15, -0.1) is 11.8 Å². The van der Waals surface area contributed by atoms with Gasteiger partial charge in [0.2, 0.25) is 0 Å². The van der Waals surface area contributed by atoms with Gasteiger partial charge in [-0.1, -0.05) is 6.07 Å². The third-order valence-corrected chi connectivity index (χ3v) is 3.88. The highest BCUT2D eigenvalue weighted by atomic mass is 32.2. The highest BCUT2D eigenvalue weighted by Gasteiger charge is 2.16. The number of anilines is 1. The Morgan fingerprint density at radius 1 is 1.36 bits per heavy atom. The molecule has 1 aromatic heterocycles. The topological polar surface area (TPSA) is 74.5 Å². The van der Waals surface area contributed by atoms with E-state index in [1.807, 2.05) is 37.4 Å². The van der Waals surface area contributed by atoms with Crippen molar-refractivity contribution >= 4 is 23.5 Å². The molecule has 0 fully saturated rings. The lowest BCUT2D eigenvalue weighted by molar-refractivity contribution is 0.130.